The Balaban J connectivity index is 2.08. The van der Waals surface area contributed by atoms with Gasteiger partial charge in [0.25, 0.3) is 5.88 Å². The number of hydrazine groups is 1. The van der Waals surface area contributed by atoms with Crippen LogP contribution in [0.4, 0.5) is 5.82 Å². The molecule has 6 nitrogen and oxygen atoms in total. The topological polar surface area (TPSA) is 77.5 Å². The van der Waals surface area contributed by atoms with Gasteiger partial charge in [-0.1, -0.05) is 13.8 Å². The Morgan fingerprint density at radius 2 is 2.33 bits per heavy atom. The number of anilines is 1. The molecule has 0 fully saturated rings. The van der Waals surface area contributed by atoms with Crippen LogP contribution in [0.3, 0.4) is 0 Å². The second-order valence-corrected chi connectivity index (χ2v) is 4.62. The van der Waals surface area contributed by atoms with Crippen LogP contribution >= 0.6 is 0 Å². The molecule has 0 amide bonds. The van der Waals surface area contributed by atoms with E-state index in [1.807, 2.05) is 10.6 Å². The summed E-state index contributed by atoms with van der Waals surface area (Å²) < 4.78 is 7.51. The van der Waals surface area contributed by atoms with E-state index in [2.05, 4.69) is 29.2 Å². The molecule has 2 rings (SSSR count). The number of rotatable bonds is 6. The summed E-state index contributed by atoms with van der Waals surface area (Å²) in [5.74, 6) is 7.12. The van der Waals surface area contributed by atoms with Crippen LogP contribution < -0.4 is 16.0 Å². The van der Waals surface area contributed by atoms with Crippen molar-refractivity contribution < 1.29 is 4.74 Å². The van der Waals surface area contributed by atoms with Crippen molar-refractivity contribution in [2.24, 2.45) is 11.8 Å². The summed E-state index contributed by atoms with van der Waals surface area (Å²) in [7, 11) is 0. The van der Waals surface area contributed by atoms with Crippen molar-refractivity contribution in [3.05, 3.63) is 18.6 Å². The summed E-state index contributed by atoms with van der Waals surface area (Å²) >= 11 is 0. The summed E-state index contributed by atoms with van der Waals surface area (Å²) in [6.45, 7) is 5.04. The quantitative estimate of drug-likeness (QED) is 0.464. The Labute approximate surface area is 106 Å². The molecule has 0 atom stereocenters. The summed E-state index contributed by atoms with van der Waals surface area (Å²) in [5.41, 5.74) is 3.23. The van der Waals surface area contributed by atoms with Crippen LogP contribution in [0.15, 0.2) is 18.6 Å². The van der Waals surface area contributed by atoms with Crippen molar-refractivity contribution in [1.82, 2.24) is 14.4 Å². The maximum atomic E-state index is 5.68. The number of nitrogens with two attached hydrogens (primary N) is 1. The van der Waals surface area contributed by atoms with Crippen LogP contribution in [0.2, 0.25) is 0 Å². The van der Waals surface area contributed by atoms with Crippen molar-refractivity contribution in [2.45, 2.75) is 26.7 Å². The lowest BCUT2D eigenvalue weighted by molar-refractivity contribution is 0.289. The lowest BCUT2D eigenvalue weighted by Crippen LogP contribution is -2.11. The normalized spacial score (nSPS) is 11.1. The minimum atomic E-state index is 0.513. The number of nitrogens with one attached hydrogen (secondary N) is 1. The van der Waals surface area contributed by atoms with Crippen LogP contribution in [0.25, 0.3) is 5.65 Å². The number of ether oxygens (including phenoxy) is 1. The zero-order chi connectivity index (χ0) is 13.0. The molecule has 0 aliphatic heterocycles. The molecule has 0 spiro atoms. The first-order chi connectivity index (χ1) is 8.70. The summed E-state index contributed by atoms with van der Waals surface area (Å²) in [6.07, 6.45) is 7.45. The first-order valence-electron chi connectivity index (χ1n) is 6.14. The summed E-state index contributed by atoms with van der Waals surface area (Å²) in [5, 5.41) is 0. The molecular formula is C12H19N5O. The van der Waals surface area contributed by atoms with Gasteiger partial charge in [0.1, 0.15) is 0 Å². The highest BCUT2D eigenvalue weighted by molar-refractivity contribution is 5.53. The van der Waals surface area contributed by atoms with E-state index in [0.717, 1.165) is 12.8 Å². The highest BCUT2D eigenvalue weighted by Gasteiger charge is 2.08. The molecule has 0 radical (unpaired) electrons. The average Bonchev–Trinajstić information content (AvgIpc) is 2.82. The van der Waals surface area contributed by atoms with E-state index in [9.17, 15) is 0 Å². The number of nitrogen functional groups attached to an aromatic ring is 1. The molecule has 0 aliphatic carbocycles. The zero-order valence-corrected chi connectivity index (χ0v) is 10.8. The second-order valence-electron chi connectivity index (χ2n) is 4.62. The van der Waals surface area contributed by atoms with Gasteiger partial charge in [0.15, 0.2) is 5.82 Å². The van der Waals surface area contributed by atoms with E-state index in [4.69, 9.17) is 10.6 Å². The average molecular weight is 249 g/mol. The predicted octanol–water partition coefficient (Wildman–Crippen LogP) is 1.83. The number of hydrogen-bond acceptors (Lipinski definition) is 5. The number of nitrogens with zero attached hydrogens (tertiary/aromatic N) is 3. The smallest absolute Gasteiger partial charge is 0.260 e. The molecule has 2 aromatic rings. The van der Waals surface area contributed by atoms with Crippen LogP contribution in [0, 0.1) is 5.92 Å². The van der Waals surface area contributed by atoms with Crippen molar-refractivity contribution in [3.63, 3.8) is 0 Å². The molecule has 6 heteroatoms. The molecule has 0 aromatic carbocycles. The first kappa shape index (κ1) is 12.6. The molecule has 0 unspecified atom stereocenters. The van der Waals surface area contributed by atoms with Crippen LogP contribution in [-0.2, 0) is 0 Å². The molecule has 18 heavy (non-hydrogen) atoms. The van der Waals surface area contributed by atoms with Gasteiger partial charge >= 0.3 is 0 Å². The third kappa shape index (κ3) is 2.89. The van der Waals surface area contributed by atoms with Crippen LogP contribution in [0.5, 0.6) is 5.88 Å². The molecule has 98 valence electrons. The van der Waals surface area contributed by atoms with E-state index < -0.39 is 0 Å². The number of hydrogen-bond donors (Lipinski definition) is 2. The van der Waals surface area contributed by atoms with Gasteiger partial charge in [-0.05, 0) is 18.8 Å². The minimum Gasteiger partial charge on any atom is -0.475 e. The molecule has 3 N–H and O–H groups in total. The molecular weight excluding hydrogens is 230 g/mol. The Morgan fingerprint density at radius 3 is 3.06 bits per heavy atom. The van der Waals surface area contributed by atoms with Crippen LogP contribution in [-0.4, -0.2) is 21.0 Å². The molecule has 0 aliphatic rings. The second kappa shape index (κ2) is 5.68. The lowest BCUT2D eigenvalue weighted by Gasteiger charge is -2.09. The minimum absolute atomic E-state index is 0.513. The van der Waals surface area contributed by atoms with Gasteiger partial charge in [0.2, 0.25) is 5.65 Å². The molecule has 0 saturated carbocycles. The van der Waals surface area contributed by atoms with E-state index >= 15 is 0 Å². The highest BCUT2D eigenvalue weighted by atomic mass is 16.5. The molecule has 2 heterocycles. The van der Waals surface area contributed by atoms with Gasteiger partial charge in [-0.3, -0.25) is 4.40 Å². The van der Waals surface area contributed by atoms with Gasteiger partial charge in [-0.15, -0.1) is 0 Å². The third-order valence-corrected chi connectivity index (χ3v) is 2.66. The number of aromatic nitrogens is 3. The zero-order valence-electron chi connectivity index (χ0n) is 10.8. The SMILES string of the molecule is CC(C)CCCOc1nc(NN)cn2ccnc12. The van der Waals surface area contributed by atoms with Crippen molar-refractivity contribution in [2.75, 3.05) is 12.0 Å². The fraction of sp³-hybridized carbons (Fsp3) is 0.500. The fourth-order valence-corrected chi connectivity index (χ4v) is 1.73. The highest BCUT2D eigenvalue weighted by Crippen LogP contribution is 2.18. The van der Waals surface area contributed by atoms with Gasteiger partial charge in [-0.2, -0.15) is 4.98 Å². The Hall–Kier alpha value is -1.82. The number of fused-ring (bicyclic) bond motifs is 1. The first-order valence-corrected chi connectivity index (χ1v) is 6.14. The summed E-state index contributed by atoms with van der Waals surface area (Å²) in [6, 6.07) is 0. The van der Waals surface area contributed by atoms with Gasteiger partial charge in [-0.25, -0.2) is 10.8 Å². The monoisotopic (exact) mass is 249 g/mol. The predicted molar refractivity (Wildman–Crippen MR) is 70.4 cm³/mol. The molecule has 0 saturated heterocycles. The Kier molecular flexibility index (Phi) is 3.99. The molecule has 2 aromatic heterocycles. The Morgan fingerprint density at radius 1 is 1.50 bits per heavy atom. The van der Waals surface area contributed by atoms with Crippen molar-refractivity contribution in [3.8, 4) is 5.88 Å². The summed E-state index contributed by atoms with van der Waals surface area (Å²) in [4.78, 5) is 8.48. The largest absolute Gasteiger partial charge is 0.475 e. The van der Waals surface area contributed by atoms with E-state index in [1.165, 1.54) is 0 Å². The van der Waals surface area contributed by atoms with Crippen molar-refractivity contribution >= 4 is 11.5 Å². The fourth-order valence-electron chi connectivity index (χ4n) is 1.73. The van der Waals surface area contributed by atoms with Gasteiger partial charge < -0.3 is 10.2 Å². The van der Waals surface area contributed by atoms with E-state index in [-0.39, 0.29) is 0 Å². The third-order valence-electron chi connectivity index (χ3n) is 2.66. The Bertz CT molecular complexity index is 508. The van der Waals surface area contributed by atoms with Crippen LogP contribution in [0.1, 0.15) is 26.7 Å². The standard InChI is InChI=1S/C12H19N5O/c1-9(2)4-3-7-18-12-11-14-5-6-17(11)8-10(15-12)16-13/h5-6,8-9,16H,3-4,7,13H2,1-2H3. The molecule has 0 bridgehead atoms. The number of imidazole rings is 1. The maximum Gasteiger partial charge on any atom is 0.260 e. The lowest BCUT2D eigenvalue weighted by atomic mass is 10.1. The van der Waals surface area contributed by atoms with Gasteiger partial charge in [0.05, 0.1) is 12.8 Å². The van der Waals surface area contributed by atoms with Crippen molar-refractivity contribution in [1.29, 1.82) is 0 Å². The van der Waals surface area contributed by atoms with Gasteiger partial charge in [0, 0.05) is 12.4 Å². The van der Waals surface area contributed by atoms with E-state index in [0.29, 0.717) is 29.9 Å². The van der Waals surface area contributed by atoms with E-state index in [1.54, 1.807) is 12.4 Å². The maximum absolute atomic E-state index is 5.68.